The molecule has 3 heterocycles. The highest BCUT2D eigenvalue weighted by Crippen LogP contribution is 2.27. The van der Waals surface area contributed by atoms with Crippen molar-refractivity contribution in [1.29, 1.82) is 0 Å². The number of aromatic nitrogens is 2. The number of carbonyl (C=O) groups excluding carboxylic acids is 2. The molecule has 0 bridgehead atoms. The summed E-state index contributed by atoms with van der Waals surface area (Å²) in [5.74, 6) is -0.412. The number of carbonyl (C=O) groups is 2. The largest absolute Gasteiger partial charge is 0.447 e. The molecule has 0 aliphatic carbocycles. The number of anilines is 1. The van der Waals surface area contributed by atoms with Crippen LogP contribution in [0.25, 0.3) is 22.2 Å². The van der Waals surface area contributed by atoms with Gasteiger partial charge in [0, 0.05) is 30.2 Å². The van der Waals surface area contributed by atoms with E-state index >= 15 is 0 Å². The summed E-state index contributed by atoms with van der Waals surface area (Å²) in [7, 11) is 0. The summed E-state index contributed by atoms with van der Waals surface area (Å²) in [4.78, 5) is 34.9. The first-order chi connectivity index (χ1) is 14.8. The summed E-state index contributed by atoms with van der Waals surface area (Å²) >= 11 is 0. The van der Waals surface area contributed by atoms with Gasteiger partial charge in [0.1, 0.15) is 17.2 Å². The number of likely N-dealkylation sites (tertiary alicyclic amines) is 1. The molecule has 3 aromatic rings. The number of hydrogen-bond donors (Lipinski definition) is 2. The zero-order valence-electron chi connectivity index (χ0n) is 17.1. The second-order valence-corrected chi connectivity index (χ2v) is 7.67. The predicted molar refractivity (Wildman–Crippen MR) is 114 cm³/mol. The Kier molecular flexibility index (Phi) is 5.41. The van der Waals surface area contributed by atoms with Crippen molar-refractivity contribution in [1.82, 2.24) is 20.2 Å². The maximum Gasteiger partial charge on any atom is 0.407 e. The minimum Gasteiger partial charge on any atom is -0.447 e. The van der Waals surface area contributed by atoms with E-state index in [4.69, 9.17) is 10.5 Å². The maximum absolute atomic E-state index is 13.6. The monoisotopic (exact) mass is 423 g/mol. The van der Waals surface area contributed by atoms with Crippen molar-refractivity contribution < 1.29 is 18.7 Å². The lowest BCUT2D eigenvalue weighted by Gasteiger charge is -2.39. The number of nitrogens with two attached hydrogens (primary N) is 1. The van der Waals surface area contributed by atoms with Crippen molar-refractivity contribution in [2.45, 2.75) is 26.0 Å². The van der Waals surface area contributed by atoms with Gasteiger partial charge in [-0.15, -0.1) is 0 Å². The van der Waals surface area contributed by atoms with Crippen LogP contribution in [0.4, 0.5) is 15.0 Å². The lowest BCUT2D eigenvalue weighted by atomic mass is 10.0. The number of nitrogen functional groups attached to an aromatic ring is 1. The summed E-state index contributed by atoms with van der Waals surface area (Å²) in [5.41, 5.74) is 7.88. The van der Waals surface area contributed by atoms with Crippen molar-refractivity contribution >= 4 is 28.7 Å². The number of fused-ring (bicyclic) bond motifs is 1. The molecule has 0 atom stereocenters. The van der Waals surface area contributed by atoms with E-state index in [9.17, 15) is 14.0 Å². The van der Waals surface area contributed by atoms with Crippen LogP contribution in [0.5, 0.6) is 0 Å². The molecule has 8 nitrogen and oxygen atoms in total. The minimum absolute atomic E-state index is 0.166. The maximum atomic E-state index is 13.6. The molecule has 9 heteroatoms. The Balaban J connectivity index is 1.54. The van der Waals surface area contributed by atoms with E-state index in [2.05, 4.69) is 15.3 Å². The highest BCUT2D eigenvalue weighted by Gasteiger charge is 2.33. The Morgan fingerprint density at radius 2 is 2.03 bits per heavy atom. The van der Waals surface area contributed by atoms with Gasteiger partial charge in [-0.05, 0) is 38.1 Å². The van der Waals surface area contributed by atoms with E-state index in [1.54, 1.807) is 43.0 Å². The van der Waals surface area contributed by atoms with Gasteiger partial charge >= 0.3 is 6.09 Å². The van der Waals surface area contributed by atoms with Crippen LogP contribution in [0, 0.1) is 5.82 Å². The third-order valence-corrected chi connectivity index (χ3v) is 4.95. The Morgan fingerprint density at radius 3 is 2.74 bits per heavy atom. The standard InChI is InChI=1S/C22H22FN5O3/c1-12(2)31-22(30)26-15-10-28(11-15)21(29)17-9-25-20(24)19-16(17)6-7-18(27-19)13-4-3-5-14(23)8-13/h3-9,12,15H,10-11H2,1-2H3,(H2,24,25)(H,26,30). The van der Waals surface area contributed by atoms with Crippen LogP contribution in [0.3, 0.4) is 0 Å². The van der Waals surface area contributed by atoms with Gasteiger partial charge in [0.15, 0.2) is 0 Å². The van der Waals surface area contributed by atoms with E-state index in [0.717, 1.165) is 0 Å². The van der Waals surface area contributed by atoms with Crippen molar-refractivity contribution in [3.63, 3.8) is 0 Å². The van der Waals surface area contributed by atoms with Gasteiger partial charge < -0.3 is 20.7 Å². The fourth-order valence-corrected chi connectivity index (χ4v) is 3.44. The van der Waals surface area contributed by atoms with Gasteiger partial charge in [0.05, 0.1) is 23.4 Å². The Labute approximate surface area is 178 Å². The molecule has 31 heavy (non-hydrogen) atoms. The molecule has 2 amide bonds. The summed E-state index contributed by atoms with van der Waals surface area (Å²) in [6.07, 6.45) is 0.715. The van der Waals surface area contributed by atoms with Gasteiger partial charge in [-0.25, -0.2) is 19.2 Å². The second-order valence-electron chi connectivity index (χ2n) is 7.67. The summed E-state index contributed by atoms with van der Waals surface area (Å²) in [5, 5.41) is 3.29. The number of pyridine rings is 2. The number of amides is 2. The van der Waals surface area contributed by atoms with Gasteiger partial charge in [0.25, 0.3) is 5.91 Å². The zero-order valence-corrected chi connectivity index (χ0v) is 17.1. The number of rotatable bonds is 4. The van der Waals surface area contributed by atoms with Crippen molar-refractivity contribution in [3.8, 4) is 11.3 Å². The van der Waals surface area contributed by atoms with Crippen LogP contribution < -0.4 is 11.1 Å². The first kappa shape index (κ1) is 20.5. The van der Waals surface area contributed by atoms with Crippen LogP contribution in [-0.2, 0) is 4.74 Å². The molecule has 4 rings (SSSR count). The van der Waals surface area contributed by atoms with Gasteiger partial charge in [0.2, 0.25) is 0 Å². The molecule has 3 N–H and O–H groups in total. The van der Waals surface area contributed by atoms with Crippen LogP contribution in [0.1, 0.15) is 24.2 Å². The molecule has 0 saturated carbocycles. The molecule has 2 aromatic heterocycles. The third kappa shape index (κ3) is 4.25. The number of nitrogens with zero attached hydrogens (tertiary/aromatic N) is 3. The highest BCUT2D eigenvalue weighted by molar-refractivity contribution is 6.08. The van der Waals surface area contributed by atoms with E-state index in [0.29, 0.717) is 40.8 Å². The quantitative estimate of drug-likeness (QED) is 0.668. The predicted octanol–water partition coefficient (Wildman–Crippen LogP) is 2.98. The Morgan fingerprint density at radius 1 is 1.26 bits per heavy atom. The number of ether oxygens (including phenoxy) is 1. The van der Waals surface area contributed by atoms with E-state index in [-0.39, 0.29) is 29.7 Å². The number of hydrogen-bond acceptors (Lipinski definition) is 6. The molecule has 0 unspecified atom stereocenters. The van der Waals surface area contributed by atoms with E-state index in [1.807, 2.05) is 0 Å². The molecule has 1 aliphatic heterocycles. The van der Waals surface area contributed by atoms with Crippen LogP contribution in [-0.4, -0.2) is 52.1 Å². The minimum atomic E-state index is -0.499. The normalized spacial score (nSPS) is 13.9. The van der Waals surface area contributed by atoms with Crippen molar-refractivity contribution in [3.05, 3.63) is 54.0 Å². The summed E-state index contributed by atoms with van der Waals surface area (Å²) in [6, 6.07) is 9.37. The van der Waals surface area contributed by atoms with Crippen molar-refractivity contribution in [2.75, 3.05) is 18.8 Å². The fourth-order valence-electron chi connectivity index (χ4n) is 3.44. The Hall–Kier alpha value is -3.75. The molecule has 1 aliphatic rings. The van der Waals surface area contributed by atoms with Crippen LogP contribution in [0.2, 0.25) is 0 Å². The van der Waals surface area contributed by atoms with E-state index < -0.39 is 6.09 Å². The average Bonchev–Trinajstić information content (AvgIpc) is 2.69. The number of halogens is 1. The first-order valence-electron chi connectivity index (χ1n) is 9.89. The zero-order chi connectivity index (χ0) is 22.1. The summed E-state index contributed by atoms with van der Waals surface area (Å²) in [6.45, 7) is 4.27. The molecular weight excluding hydrogens is 401 g/mol. The van der Waals surface area contributed by atoms with Crippen LogP contribution in [0.15, 0.2) is 42.6 Å². The third-order valence-electron chi connectivity index (χ3n) is 4.95. The first-order valence-corrected chi connectivity index (χ1v) is 9.89. The molecule has 1 aromatic carbocycles. The number of nitrogens with one attached hydrogen (secondary N) is 1. The second kappa shape index (κ2) is 8.17. The summed E-state index contributed by atoms with van der Waals surface area (Å²) < 4.78 is 18.6. The lowest BCUT2D eigenvalue weighted by Crippen LogP contribution is -2.61. The molecule has 160 valence electrons. The highest BCUT2D eigenvalue weighted by atomic mass is 19.1. The Bertz CT molecular complexity index is 1160. The lowest BCUT2D eigenvalue weighted by molar-refractivity contribution is 0.0531. The van der Waals surface area contributed by atoms with E-state index in [1.165, 1.54) is 18.3 Å². The molecule has 1 fully saturated rings. The SMILES string of the molecule is CC(C)OC(=O)NC1CN(C(=O)c2cnc(N)c3nc(-c4cccc(F)c4)ccc23)C1. The number of benzene rings is 1. The van der Waals surface area contributed by atoms with Crippen molar-refractivity contribution in [2.24, 2.45) is 0 Å². The molecule has 0 radical (unpaired) electrons. The fraction of sp³-hybridized carbons (Fsp3) is 0.273. The van der Waals surface area contributed by atoms with Crippen LogP contribution >= 0.6 is 0 Å². The average molecular weight is 423 g/mol. The van der Waals surface area contributed by atoms with Gasteiger partial charge in [-0.1, -0.05) is 12.1 Å². The van der Waals surface area contributed by atoms with Gasteiger partial charge in [-0.3, -0.25) is 4.79 Å². The molecular formula is C22H22FN5O3. The molecule has 0 spiro atoms. The molecule has 1 saturated heterocycles. The topological polar surface area (TPSA) is 110 Å². The smallest absolute Gasteiger partial charge is 0.407 e. The number of alkyl carbamates (subject to hydrolysis) is 1. The van der Waals surface area contributed by atoms with Gasteiger partial charge in [-0.2, -0.15) is 0 Å².